The van der Waals surface area contributed by atoms with Crippen LogP contribution in [-0.2, 0) is 16.1 Å². The number of halogens is 2. The van der Waals surface area contributed by atoms with Gasteiger partial charge in [0.2, 0.25) is 0 Å². The number of ether oxygens (including phenoxy) is 1. The molecule has 0 radical (unpaired) electrons. The van der Waals surface area contributed by atoms with Crippen molar-refractivity contribution in [3.8, 4) is 0 Å². The number of hydrogen-bond acceptors (Lipinski definition) is 2. The summed E-state index contributed by atoms with van der Waals surface area (Å²) in [6.45, 7) is 6.64. The molecular formula is C15H23BrClNO2. The van der Waals surface area contributed by atoms with Gasteiger partial charge in [0.15, 0.2) is 6.54 Å². The third-order valence-corrected chi connectivity index (χ3v) is 2.90. The highest BCUT2D eigenvalue weighted by Gasteiger charge is 2.25. The predicted molar refractivity (Wildman–Crippen MR) is 78.0 cm³/mol. The molecule has 1 rings (SSSR count). The molecule has 0 aliphatic rings. The van der Waals surface area contributed by atoms with Gasteiger partial charge in [-0.05, 0) is 26.8 Å². The van der Waals surface area contributed by atoms with E-state index in [2.05, 4.69) is 0 Å². The van der Waals surface area contributed by atoms with Crippen LogP contribution in [0.3, 0.4) is 0 Å². The maximum atomic E-state index is 11.9. The molecule has 0 aliphatic carbocycles. The van der Waals surface area contributed by atoms with E-state index in [1.807, 2.05) is 59.1 Å². The first-order valence-corrected chi connectivity index (χ1v) is 6.74. The average molecular weight is 365 g/mol. The van der Waals surface area contributed by atoms with E-state index in [4.69, 9.17) is 16.3 Å². The number of rotatable bonds is 4. The lowest BCUT2D eigenvalue weighted by atomic mass is 10.2. The van der Waals surface area contributed by atoms with Crippen LogP contribution in [0.1, 0.15) is 26.3 Å². The second kappa shape index (κ2) is 7.43. The molecule has 0 fully saturated rings. The largest absolute Gasteiger partial charge is 1.00 e. The molecule has 20 heavy (non-hydrogen) atoms. The highest BCUT2D eigenvalue weighted by atomic mass is 79.9. The summed E-state index contributed by atoms with van der Waals surface area (Å²) < 4.78 is 5.87. The first-order chi connectivity index (χ1) is 8.59. The Labute approximate surface area is 137 Å². The fourth-order valence-corrected chi connectivity index (χ4v) is 2.06. The van der Waals surface area contributed by atoms with Gasteiger partial charge in [0.1, 0.15) is 12.1 Å². The smallest absolute Gasteiger partial charge is 0.362 e. The summed E-state index contributed by atoms with van der Waals surface area (Å²) in [6, 6.07) is 7.70. The summed E-state index contributed by atoms with van der Waals surface area (Å²) in [4.78, 5) is 11.9. The van der Waals surface area contributed by atoms with Gasteiger partial charge in [-0.2, -0.15) is 0 Å². The second-order valence-electron chi connectivity index (χ2n) is 6.43. The molecule has 1 aromatic rings. The van der Waals surface area contributed by atoms with Crippen molar-refractivity contribution in [1.82, 2.24) is 0 Å². The summed E-state index contributed by atoms with van der Waals surface area (Å²) in [6.07, 6.45) is 0. The molecule has 5 heteroatoms. The van der Waals surface area contributed by atoms with Gasteiger partial charge in [-0.3, -0.25) is 0 Å². The molecule has 0 bridgehead atoms. The van der Waals surface area contributed by atoms with E-state index in [0.29, 0.717) is 17.6 Å². The monoisotopic (exact) mass is 363 g/mol. The molecule has 0 aliphatic heterocycles. The zero-order valence-electron chi connectivity index (χ0n) is 12.7. The zero-order chi connectivity index (χ0) is 14.7. The Bertz CT molecular complexity index is 455. The van der Waals surface area contributed by atoms with Crippen LogP contribution < -0.4 is 17.0 Å². The van der Waals surface area contributed by atoms with Gasteiger partial charge in [-0.15, -0.1) is 0 Å². The maximum absolute atomic E-state index is 11.9. The molecule has 0 saturated heterocycles. The average Bonchev–Trinajstić information content (AvgIpc) is 2.17. The molecule has 0 unspecified atom stereocenters. The van der Waals surface area contributed by atoms with Crippen LogP contribution in [0.5, 0.6) is 0 Å². The zero-order valence-corrected chi connectivity index (χ0v) is 15.1. The first kappa shape index (κ1) is 19.4. The normalized spacial score (nSPS) is 11.7. The number of carbonyl (C=O) groups is 1. The summed E-state index contributed by atoms with van der Waals surface area (Å²) in [5.41, 5.74) is 0.597. The minimum atomic E-state index is -0.443. The van der Waals surface area contributed by atoms with Crippen LogP contribution in [0.4, 0.5) is 0 Å². The second-order valence-corrected chi connectivity index (χ2v) is 6.84. The summed E-state index contributed by atoms with van der Waals surface area (Å²) in [7, 11) is 3.99. The van der Waals surface area contributed by atoms with Gasteiger partial charge >= 0.3 is 5.97 Å². The van der Waals surface area contributed by atoms with E-state index >= 15 is 0 Å². The summed E-state index contributed by atoms with van der Waals surface area (Å²) in [5.74, 6) is -0.190. The number of likely N-dealkylation sites (N-methyl/N-ethyl adjacent to an activating group) is 1. The van der Waals surface area contributed by atoms with Crippen molar-refractivity contribution < 1.29 is 31.0 Å². The molecule has 0 spiro atoms. The van der Waals surface area contributed by atoms with E-state index in [1.165, 1.54) is 0 Å². The molecule has 0 saturated carbocycles. The quantitative estimate of drug-likeness (QED) is 0.566. The predicted octanol–water partition coefficient (Wildman–Crippen LogP) is 0.262. The Hall–Kier alpha value is -0.580. The van der Waals surface area contributed by atoms with E-state index < -0.39 is 5.60 Å². The molecule has 114 valence electrons. The van der Waals surface area contributed by atoms with Gasteiger partial charge in [0.05, 0.1) is 14.1 Å². The molecule has 0 atom stereocenters. The number of benzene rings is 1. The van der Waals surface area contributed by atoms with Crippen molar-refractivity contribution in [1.29, 1.82) is 0 Å². The van der Waals surface area contributed by atoms with Gasteiger partial charge in [-0.1, -0.05) is 29.8 Å². The molecule has 0 heterocycles. The Balaban J connectivity index is 0.00000361. The molecule has 3 nitrogen and oxygen atoms in total. The SMILES string of the molecule is CC(C)(C)OC(=O)C[N+](C)(C)Cc1ccccc1Cl.[Br-]. The van der Waals surface area contributed by atoms with Crippen molar-refractivity contribution in [3.05, 3.63) is 34.9 Å². The third kappa shape index (κ3) is 7.27. The highest BCUT2D eigenvalue weighted by Crippen LogP contribution is 2.19. The van der Waals surface area contributed by atoms with Crippen LogP contribution in [0.15, 0.2) is 24.3 Å². The summed E-state index contributed by atoms with van der Waals surface area (Å²) >= 11 is 6.15. The van der Waals surface area contributed by atoms with E-state index in [-0.39, 0.29) is 23.0 Å². The molecule has 0 N–H and O–H groups in total. The number of esters is 1. The topological polar surface area (TPSA) is 26.3 Å². The Morgan fingerprint density at radius 3 is 2.30 bits per heavy atom. The van der Waals surface area contributed by atoms with Crippen molar-refractivity contribution >= 4 is 17.6 Å². The molecule has 0 amide bonds. The Kier molecular flexibility index (Phi) is 7.22. The van der Waals surface area contributed by atoms with Crippen LogP contribution >= 0.6 is 11.6 Å². The number of hydrogen-bond donors (Lipinski definition) is 0. The van der Waals surface area contributed by atoms with E-state index in [1.54, 1.807) is 0 Å². The maximum Gasteiger partial charge on any atom is 0.362 e. The van der Waals surface area contributed by atoms with E-state index in [9.17, 15) is 4.79 Å². The fraction of sp³-hybridized carbons (Fsp3) is 0.533. The third-order valence-electron chi connectivity index (χ3n) is 2.53. The van der Waals surface area contributed by atoms with Crippen LogP contribution in [0.25, 0.3) is 0 Å². The lowest BCUT2D eigenvalue weighted by molar-refractivity contribution is -0.896. The molecule has 0 aromatic heterocycles. The Morgan fingerprint density at radius 1 is 1.25 bits per heavy atom. The number of nitrogens with zero attached hydrogens (tertiary/aromatic N) is 1. The number of quaternary nitrogens is 1. The minimum Gasteiger partial charge on any atom is -1.00 e. The van der Waals surface area contributed by atoms with Gasteiger partial charge in [-0.25, -0.2) is 4.79 Å². The minimum absolute atomic E-state index is 0. The van der Waals surface area contributed by atoms with Gasteiger partial charge in [0, 0.05) is 10.6 Å². The van der Waals surface area contributed by atoms with Gasteiger partial charge in [0.25, 0.3) is 0 Å². The number of carbonyl (C=O) groups excluding carboxylic acids is 1. The van der Waals surface area contributed by atoms with Crippen molar-refractivity contribution in [2.24, 2.45) is 0 Å². The van der Waals surface area contributed by atoms with E-state index in [0.717, 1.165) is 10.6 Å². The molecular weight excluding hydrogens is 342 g/mol. The van der Waals surface area contributed by atoms with Crippen LogP contribution in [-0.4, -0.2) is 36.7 Å². The lowest BCUT2D eigenvalue weighted by Gasteiger charge is -2.30. The highest BCUT2D eigenvalue weighted by molar-refractivity contribution is 6.31. The lowest BCUT2D eigenvalue weighted by Crippen LogP contribution is -3.00. The van der Waals surface area contributed by atoms with Crippen molar-refractivity contribution in [2.75, 3.05) is 20.6 Å². The Morgan fingerprint density at radius 2 is 1.80 bits per heavy atom. The van der Waals surface area contributed by atoms with Crippen molar-refractivity contribution in [3.63, 3.8) is 0 Å². The van der Waals surface area contributed by atoms with Gasteiger partial charge < -0.3 is 26.2 Å². The standard InChI is InChI=1S/C15H23ClNO2.BrH/c1-15(2,3)19-14(18)11-17(4,5)10-12-8-6-7-9-13(12)16;/h6-9H,10-11H2,1-5H3;1H/q+1;/p-1. The van der Waals surface area contributed by atoms with Crippen LogP contribution in [0, 0.1) is 0 Å². The molecule has 1 aromatic carbocycles. The summed E-state index contributed by atoms with van der Waals surface area (Å²) in [5, 5.41) is 0.734. The first-order valence-electron chi connectivity index (χ1n) is 6.36. The fourth-order valence-electron chi connectivity index (χ4n) is 1.87. The van der Waals surface area contributed by atoms with Crippen LogP contribution in [0.2, 0.25) is 5.02 Å². The van der Waals surface area contributed by atoms with Crippen molar-refractivity contribution in [2.45, 2.75) is 32.9 Å².